The fourth-order valence-electron chi connectivity index (χ4n) is 3.52. The van der Waals surface area contributed by atoms with E-state index in [9.17, 15) is 4.79 Å². The standard InChI is InChI=1S/C22H25N5O2/c1-15-7-9-18(10-8-15)20-24-21(29-25-20)17(3)26-11-13-27(14-12-26)22(28)19-6-4-5-16(2)23-19/h4-10,17H,11-14H2,1-3H3. The highest BCUT2D eigenvalue weighted by atomic mass is 16.5. The van der Waals surface area contributed by atoms with Crippen molar-refractivity contribution in [2.45, 2.75) is 26.8 Å². The van der Waals surface area contributed by atoms with Crippen molar-refractivity contribution in [3.8, 4) is 11.4 Å². The van der Waals surface area contributed by atoms with Crippen LogP contribution in [0.25, 0.3) is 11.4 Å². The SMILES string of the molecule is Cc1ccc(-c2noc(C(C)N3CCN(C(=O)c4cccc(C)n4)CC3)n2)cc1. The van der Waals surface area contributed by atoms with Gasteiger partial charge in [0.05, 0.1) is 6.04 Å². The van der Waals surface area contributed by atoms with Crippen molar-refractivity contribution in [2.75, 3.05) is 26.2 Å². The molecule has 0 spiro atoms. The van der Waals surface area contributed by atoms with Crippen LogP contribution in [0.4, 0.5) is 0 Å². The molecule has 1 aromatic carbocycles. The zero-order valence-corrected chi connectivity index (χ0v) is 17.0. The van der Waals surface area contributed by atoms with Crippen LogP contribution < -0.4 is 0 Å². The molecule has 1 aliphatic heterocycles. The number of aryl methyl sites for hydroxylation is 2. The molecular weight excluding hydrogens is 366 g/mol. The lowest BCUT2D eigenvalue weighted by Gasteiger charge is -2.36. The molecule has 3 aromatic rings. The Hall–Kier alpha value is -3.06. The first-order valence-electron chi connectivity index (χ1n) is 9.89. The zero-order valence-electron chi connectivity index (χ0n) is 17.0. The van der Waals surface area contributed by atoms with E-state index in [-0.39, 0.29) is 11.9 Å². The summed E-state index contributed by atoms with van der Waals surface area (Å²) in [5, 5.41) is 4.14. The highest BCUT2D eigenvalue weighted by Crippen LogP contribution is 2.24. The predicted octanol–water partition coefficient (Wildman–Crippen LogP) is 3.27. The van der Waals surface area contributed by atoms with E-state index >= 15 is 0 Å². The van der Waals surface area contributed by atoms with Crippen molar-refractivity contribution < 1.29 is 9.32 Å². The Kier molecular flexibility index (Phi) is 5.40. The molecule has 1 amide bonds. The van der Waals surface area contributed by atoms with E-state index in [0.717, 1.165) is 24.3 Å². The molecule has 0 radical (unpaired) electrons. The molecule has 7 heteroatoms. The molecule has 29 heavy (non-hydrogen) atoms. The van der Waals surface area contributed by atoms with Crippen LogP contribution in [-0.2, 0) is 0 Å². The molecule has 0 N–H and O–H groups in total. The van der Waals surface area contributed by atoms with Crippen LogP contribution >= 0.6 is 0 Å². The van der Waals surface area contributed by atoms with Crippen LogP contribution in [0.3, 0.4) is 0 Å². The number of nitrogens with zero attached hydrogens (tertiary/aromatic N) is 5. The van der Waals surface area contributed by atoms with E-state index in [2.05, 4.69) is 26.9 Å². The van der Waals surface area contributed by atoms with Gasteiger partial charge in [-0.25, -0.2) is 4.98 Å². The van der Waals surface area contributed by atoms with Crippen LogP contribution in [0.5, 0.6) is 0 Å². The first kappa shape index (κ1) is 19.3. The summed E-state index contributed by atoms with van der Waals surface area (Å²) in [7, 11) is 0. The van der Waals surface area contributed by atoms with E-state index in [1.807, 2.05) is 55.1 Å². The first-order chi connectivity index (χ1) is 14.0. The van der Waals surface area contributed by atoms with Gasteiger partial charge in [-0.15, -0.1) is 0 Å². The van der Waals surface area contributed by atoms with Gasteiger partial charge in [-0.1, -0.05) is 41.1 Å². The van der Waals surface area contributed by atoms with Gasteiger partial charge in [-0.3, -0.25) is 9.69 Å². The van der Waals surface area contributed by atoms with Crippen LogP contribution in [0.15, 0.2) is 47.0 Å². The number of pyridine rings is 1. The number of benzene rings is 1. The molecule has 0 bridgehead atoms. The molecule has 3 heterocycles. The van der Waals surface area contributed by atoms with E-state index in [4.69, 9.17) is 4.52 Å². The molecule has 1 aliphatic rings. The lowest BCUT2D eigenvalue weighted by atomic mass is 10.1. The average Bonchev–Trinajstić information content (AvgIpc) is 3.23. The number of hydrogen-bond acceptors (Lipinski definition) is 6. The summed E-state index contributed by atoms with van der Waals surface area (Å²) >= 11 is 0. The van der Waals surface area contributed by atoms with Gasteiger partial charge in [-0.05, 0) is 32.9 Å². The van der Waals surface area contributed by atoms with Gasteiger partial charge in [0, 0.05) is 37.4 Å². The van der Waals surface area contributed by atoms with Crippen molar-refractivity contribution >= 4 is 5.91 Å². The molecule has 1 unspecified atom stereocenters. The number of rotatable bonds is 4. The second-order valence-corrected chi connectivity index (χ2v) is 7.49. The summed E-state index contributed by atoms with van der Waals surface area (Å²) in [6, 6.07) is 13.6. The number of carbonyl (C=O) groups excluding carboxylic acids is 1. The first-order valence-corrected chi connectivity index (χ1v) is 9.89. The summed E-state index contributed by atoms with van der Waals surface area (Å²) in [4.78, 5) is 25.7. The molecule has 7 nitrogen and oxygen atoms in total. The minimum absolute atomic E-state index is 0.00366. The maximum absolute atomic E-state index is 12.7. The van der Waals surface area contributed by atoms with Gasteiger partial charge in [0.15, 0.2) is 0 Å². The maximum atomic E-state index is 12.7. The normalized spacial score (nSPS) is 16.0. The van der Waals surface area contributed by atoms with E-state index in [1.165, 1.54) is 5.56 Å². The largest absolute Gasteiger partial charge is 0.337 e. The van der Waals surface area contributed by atoms with Crippen LogP contribution in [0.1, 0.15) is 40.6 Å². The Labute approximate surface area is 170 Å². The van der Waals surface area contributed by atoms with Crippen molar-refractivity contribution in [3.05, 3.63) is 65.3 Å². The molecule has 0 aliphatic carbocycles. The van der Waals surface area contributed by atoms with E-state index < -0.39 is 0 Å². The second-order valence-electron chi connectivity index (χ2n) is 7.49. The van der Waals surface area contributed by atoms with Crippen LogP contribution in [0, 0.1) is 13.8 Å². The lowest BCUT2D eigenvalue weighted by Crippen LogP contribution is -2.49. The topological polar surface area (TPSA) is 75.4 Å². The number of carbonyl (C=O) groups is 1. The molecule has 1 saturated heterocycles. The summed E-state index contributed by atoms with van der Waals surface area (Å²) in [5.41, 5.74) is 3.49. The molecule has 1 atom stereocenters. The molecule has 4 rings (SSSR count). The van der Waals surface area contributed by atoms with Gasteiger partial charge < -0.3 is 9.42 Å². The summed E-state index contributed by atoms with van der Waals surface area (Å²) in [6.07, 6.45) is 0. The number of aromatic nitrogens is 3. The zero-order chi connectivity index (χ0) is 20.4. The summed E-state index contributed by atoms with van der Waals surface area (Å²) in [6.45, 7) is 8.81. The fraction of sp³-hybridized carbons (Fsp3) is 0.364. The smallest absolute Gasteiger partial charge is 0.272 e. The summed E-state index contributed by atoms with van der Waals surface area (Å²) in [5.74, 6) is 1.19. The van der Waals surface area contributed by atoms with Gasteiger partial charge in [0.1, 0.15) is 5.69 Å². The Morgan fingerprint density at radius 3 is 2.41 bits per heavy atom. The maximum Gasteiger partial charge on any atom is 0.272 e. The highest BCUT2D eigenvalue weighted by Gasteiger charge is 2.28. The Morgan fingerprint density at radius 2 is 1.72 bits per heavy atom. The number of amides is 1. The van der Waals surface area contributed by atoms with Gasteiger partial charge in [0.25, 0.3) is 5.91 Å². The number of piperazine rings is 1. The Bertz CT molecular complexity index is 990. The molecule has 1 fully saturated rings. The molecular formula is C22H25N5O2. The van der Waals surface area contributed by atoms with Crippen molar-refractivity contribution in [1.82, 2.24) is 24.9 Å². The third-order valence-electron chi connectivity index (χ3n) is 5.37. The Balaban J connectivity index is 1.38. The minimum Gasteiger partial charge on any atom is -0.337 e. The minimum atomic E-state index is -0.0135. The predicted molar refractivity (Wildman–Crippen MR) is 109 cm³/mol. The second kappa shape index (κ2) is 8.13. The van der Waals surface area contributed by atoms with Crippen molar-refractivity contribution in [3.63, 3.8) is 0 Å². The number of hydrogen-bond donors (Lipinski definition) is 0. The van der Waals surface area contributed by atoms with E-state index in [1.54, 1.807) is 6.07 Å². The van der Waals surface area contributed by atoms with Gasteiger partial charge >= 0.3 is 0 Å². The van der Waals surface area contributed by atoms with Crippen molar-refractivity contribution in [2.24, 2.45) is 0 Å². The van der Waals surface area contributed by atoms with Gasteiger partial charge in [-0.2, -0.15) is 4.98 Å². The van der Waals surface area contributed by atoms with Crippen LogP contribution in [0.2, 0.25) is 0 Å². The lowest BCUT2D eigenvalue weighted by molar-refractivity contribution is 0.0546. The van der Waals surface area contributed by atoms with Crippen LogP contribution in [-0.4, -0.2) is 57.0 Å². The molecule has 2 aromatic heterocycles. The van der Waals surface area contributed by atoms with Crippen molar-refractivity contribution in [1.29, 1.82) is 0 Å². The quantitative estimate of drug-likeness (QED) is 0.679. The Morgan fingerprint density at radius 1 is 1.00 bits per heavy atom. The molecule has 0 saturated carbocycles. The van der Waals surface area contributed by atoms with E-state index in [0.29, 0.717) is 30.5 Å². The summed E-state index contributed by atoms with van der Waals surface area (Å²) < 4.78 is 5.53. The average molecular weight is 391 g/mol. The third-order valence-corrected chi connectivity index (χ3v) is 5.37. The third kappa shape index (κ3) is 4.19. The highest BCUT2D eigenvalue weighted by molar-refractivity contribution is 5.92. The van der Waals surface area contributed by atoms with Gasteiger partial charge in [0.2, 0.25) is 11.7 Å². The fourth-order valence-corrected chi connectivity index (χ4v) is 3.52. The monoisotopic (exact) mass is 391 g/mol. The molecule has 150 valence electrons.